The maximum Gasteiger partial charge on any atom is 0.250 e. The smallest absolute Gasteiger partial charge is 0.250 e. The van der Waals surface area contributed by atoms with Gasteiger partial charge >= 0.3 is 0 Å². The third-order valence-electron chi connectivity index (χ3n) is 3.54. The van der Waals surface area contributed by atoms with E-state index in [2.05, 4.69) is 10.0 Å². The summed E-state index contributed by atoms with van der Waals surface area (Å²) in [5.41, 5.74) is 2.06. The van der Waals surface area contributed by atoms with Gasteiger partial charge in [0.05, 0.1) is 13.7 Å². The van der Waals surface area contributed by atoms with Crippen LogP contribution in [0.15, 0.2) is 34.5 Å². The van der Waals surface area contributed by atoms with Crippen LogP contribution in [0.1, 0.15) is 22.9 Å². The number of aryl methyl sites for hydroxylation is 1. The van der Waals surface area contributed by atoms with Crippen LogP contribution in [0.3, 0.4) is 0 Å². The van der Waals surface area contributed by atoms with Crippen molar-refractivity contribution in [3.05, 3.63) is 46.3 Å². The fourth-order valence-corrected chi connectivity index (χ4v) is 4.68. The van der Waals surface area contributed by atoms with E-state index >= 15 is 0 Å². The molecule has 0 saturated heterocycles. The quantitative estimate of drug-likeness (QED) is 0.733. The molecule has 2 aromatic rings. The Bertz CT molecular complexity index is 844. The summed E-state index contributed by atoms with van der Waals surface area (Å²) in [6.45, 7) is 4.01. The van der Waals surface area contributed by atoms with Crippen LogP contribution in [0.4, 0.5) is 0 Å². The van der Waals surface area contributed by atoms with Gasteiger partial charge in [0.2, 0.25) is 15.9 Å². The molecular weight excluding hydrogens is 360 g/mol. The van der Waals surface area contributed by atoms with Crippen molar-refractivity contribution in [3.8, 4) is 5.75 Å². The van der Waals surface area contributed by atoms with Crippen LogP contribution in [-0.4, -0.2) is 28.0 Å². The molecule has 2 N–H and O–H groups in total. The monoisotopic (exact) mass is 382 g/mol. The second-order valence-corrected chi connectivity index (χ2v) is 8.76. The fourth-order valence-electron chi connectivity index (χ4n) is 2.30. The Morgan fingerprint density at radius 1 is 1.24 bits per heavy atom. The van der Waals surface area contributed by atoms with Crippen molar-refractivity contribution in [2.24, 2.45) is 0 Å². The van der Waals surface area contributed by atoms with Crippen LogP contribution in [0.2, 0.25) is 0 Å². The number of ether oxygens (including phenoxy) is 1. The highest BCUT2D eigenvalue weighted by molar-refractivity contribution is 7.91. The van der Waals surface area contributed by atoms with Crippen LogP contribution in [0.25, 0.3) is 0 Å². The van der Waals surface area contributed by atoms with E-state index in [-0.39, 0.29) is 16.7 Å². The van der Waals surface area contributed by atoms with Gasteiger partial charge in [0.1, 0.15) is 9.96 Å². The summed E-state index contributed by atoms with van der Waals surface area (Å²) in [7, 11) is -1.97. The molecule has 1 amide bonds. The molecule has 0 aliphatic heterocycles. The van der Waals surface area contributed by atoms with E-state index < -0.39 is 10.0 Å². The summed E-state index contributed by atoms with van der Waals surface area (Å²) >= 11 is 1.15. The lowest BCUT2D eigenvalue weighted by molar-refractivity contribution is -0.119. The molecule has 25 heavy (non-hydrogen) atoms. The van der Waals surface area contributed by atoms with E-state index in [4.69, 9.17) is 4.74 Å². The van der Waals surface area contributed by atoms with E-state index in [1.165, 1.54) is 6.92 Å². The second kappa shape index (κ2) is 8.46. The van der Waals surface area contributed by atoms with Crippen molar-refractivity contribution < 1.29 is 17.9 Å². The first-order chi connectivity index (χ1) is 11.8. The average Bonchev–Trinajstić information content (AvgIpc) is 3.03. The van der Waals surface area contributed by atoms with Gasteiger partial charge in [-0.15, -0.1) is 11.3 Å². The third kappa shape index (κ3) is 5.55. The summed E-state index contributed by atoms with van der Waals surface area (Å²) in [5.74, 6) is 0.599. The standard InChI is InChI=1S/C17H22N2O4S2/c1-12-4-6-16(23-3)14(10-12)8-9-19-25(21,22)17-7-5-15(24-17)11-18-13(2)20/h4-7,10,19H,8-9,11H2,1-3H3,(H,18,20). The van der Waals surface area contributed by atoms with E-state index in [1.807, 2.05) is 25.1 Å². The van der Waals surface area contributed by atoms with Gasteiger partial charge in [-0.1, -0.05) is 17.7 Å². The largest absolute Gasteiger partial charge is 0.496 e. The number of carbonyl (C=O) groups excluding carboxylic acids is 1. The van der Waals surface area contributed by atoms with Crippen LogP contribution in [0.5, 0.6) is 5.75 Å². The lowest BCUT2D eigenvalue weighted by atomic mass is 10.1. The molecule has 136 valence electrons. The SMILES string of the molecule is COc1ccc(C)cc1CCNS(=O)(=O)c1ccc(CNC(C)=O)s1. The molecule has 8 heteroatoms. The van der Waals surface area contributed by atoms with Gasteiger partial charge in [0.15, 0.2) is 0 Å². The molecule has 0 aliphatic carbocycles. The Morgan fingerprint density at radius 2 is 2.00 bits per heavy atom. The number of nitrogens with one attached hydrogen (secondary N) is 2. The first kappa shape index (κ1) is 19.4. The molecule has 1 aromatic carbocycles. The van der Waals surface area contributed by atoms with Crippen LogP contribution >= 0.6 is 11.3 Å². The van der Waals surface area contributed by atoms with E-state index in [0.29, 0.717) is 13.0 Å². The average molecular weight is 383 g/mol. The zero-order valence-electron chi connectivity index (χ0n) is 14.5. The number of thiophene rings is 1. The van der Waals surface area contributed by atoms with Crippen molar-refractivity contribution in [1.82, 2.24) is 10.0 Å². The Balaban J connectivity index is 1.98. The molecule has 0 fully saturated rings. The topological polar surface area (TPSA) is 84.5 Å². The van der Waals surface area contributed by atoms with E-state index in [9.17, 15) is 13.2 Å². The predicted molar refractivity (Wildman–Crippen MR) is 98.5 cm³/mol. The number of sulfonamides is 1. The number of hydrogen-bond donors (Lipinski definition) is 2. The van der Waals surface area contributed by atoms with Gasteiger partial charge in [0.25, 0.3) is 0 Å². The third-order valence-corrected chi connectivity index (χ3v) is 6.57. The highest BCUT2D eigenvalue weighted by Crippen LogP contribution is 2.22. The minimum Gasteiger partial charge on any atom is -0.496 e. The number of benzene rings is 1. The van der Waals surface area contributed by atoms with Crippen molar-refractivity contribution in [3.63, 3.8) is 0 Å². The van der Waals surface area contributed by atoms with E-state index in [0.717, 1.165) is 33.1 Å². The summed E-state index contributed by atoms with van der Waals surface area (Å²) in [5, 5.41) is 2.65. The summed E-state index contributed by atoms with van der Waals surface area (Å²) in [4.78, 5) is 11.7. The molecule has 0 radical (unpaired) electrons. The number of amides is 1. The van der Waals surface area contributed by atoms with Crippen molar-refractivity contribution in [1.29, 1.82) is 0 Å². The molecule has 1 heterocycles. The Hall–Kier alpha value is -1.90. The zero-order valence-corrected chi connectivity index (χ0v) is 16.1. The highest BCUT2D eigenvalue weighted by atomic mass is 32.2. The van der Waals surface area contributed by atoms with Crippen molar-refractivity contribution in [2.45, 2.75) is 31.0 Å². The predicted octanol–water partition coefficient (Wildman–Crippen LogP) is 2.22. The van der Waals surface area contributed by atoms with Gasteiger partial charge in [-0.3, -0.25) is 4.79 Å². The molecule has 6 nitrogen and oxygen atoms in total. The number of carbonyl (C=O) groups is 1. The van der Waals surface area contributed by atoms with Crippen molar-refractivity contribution >= 4 is 27.3 Å². The number of hydrogen-bond acceptors (Lipinski definition) is 5. The fraction of sp³-hybridized carbons (Fsp3) is 0.353. The first-order valence-electron chi connectivity index (χ1n) is 7.78. The first-order valence-corrected chi connectivity index (χ1v) is 10.1. The molecule has 0 saturated carbocycles. The van der Waals surface area contributed by atoms with Crippen molar-refractivity contribution in [2.75, 3.05) is 13.7 Å². The Morgan fingerprint density at radius 3 is 2.68 bits per heavy atom. The van der Waals surface area contributed by atoms with E-state index in [1.54, 1.807) is 19.2 Å². The molecule has 0 aliphatic rings. The lowest BCUT2D eigenvalue weighted by Gasteiger charge is -2.10. The Labute approximate surface area is 152 Å². The van der Waals surface area contributed by atoms with Gasteiger partial charge < -0.3 is 10.1 Å². The molecule has 2 rings (SSSR count). The molecule has 0 spiro atoms. The normalized spacial score (nSPS) is 11.3. The van der Waals surface area contributed by atoms with Crippen LogP contribution in [0, 0.1) is 6.92 Å². The zero-order chi connectivity index (χ0) is 18.4. The molecule has 0 bridgehead atoms. The van der Waals surface area contributed by atoms with Gasteiger partial charge in [-0.05, 0) is 37.1 Å². The molecule has 1 aromatic heterocycles. The van der Waals surface area contributed by atoms with Crippen LogP contribution in [-0.2, 0) is 27.8 Å². The highest BCUT2D eigenvalue weighted by Gasteiger charge is 2.16. The lowest BCUT2D eigenvalue weighted by Crippen LogP contribution is -2.25. The number of rotatable bonds is 8. The minimum absolute atomic E-state index is 0.150. The summed E-state index contributed by atoms with van der Waals surface area (Å²) in [6.07, 6.45) is 0.536. The van der Waals surface area contributed by atoms with Gasteiger partial charge in [-0.2, -0.15) is 0 Å². The van der Waals surface area contributed by atoms with Gasteiger partial charge in [0, 0.05) is 18.3 Å². The summed E-state index contributed by atoms with van der Waals surface area (Å²) in [6, 6.07) is 9.08. The number of methoxy groups -OCH3 is 1. The molecule has 0 atom stereocenters. The maximum absolute atomic E-state index is 12.4. The second-order valence-electron chi connectivity index (χ2n) is 5.59. The minimum atomic E-state index is -3.56. The molecule has 0 unspecified atom stereocenters. The van der Waals surface area contributed by atoms with Gasteiger partial charge in [-0.25, -0.2) is 13.1 Å². The summed E-state index contributed by atoms with van der Waals surface area (Å²) < 4.78 is 32.9. The maximum atomic E-state index is 12.4. The molecular formula is C17H22N2O4S2. The van der Waals surface area contributed by atoms with Crippen LogP contribution < -0.4 is 14.8 Å². The Kier molecular flexibility index (Phi) is 6.57.